The van der Waals surface area contributed by atoms with Crippen LogP contribution in [-0.4, -0.2) is 13.7 Å². The zero-order valence-corrected chi connectivity index (χ0v) is 11.7. The molecule has 18 heavy (non-hydrogen) atoms. The first-order valence-electron chi connectivity index (χ1n) is 5.88. The Morgan fingerprint density at radius 2 is 1.89 bits per heavy atom. The summed E-state index contributed by atoms with van der Waals surface area (Å²) in [5.74, 6) is 0. The fraction of sp³-hybridized carbons (Fsp3) is 0.462. The molecule has 1 aromatic carbocycles. The third-order valence-electron chi connectivity index (χ3n) is 2.81. The second-order valence-electron chi connectivity index (χ2n) is 4.32. The van der Waals surface area contributed by atoms with E-state index in [9.17, 15) is 8.42 Å². The third-order valence-corrected chi connectivity index (χ3v) is 4.68. The number of sulfonamides is 1. The number of hydrogen-bond donors (Lipinski definition) is 1. The van der Waals surface area contributed by atoms with Gasteiger partial charge in [-0.15, -0.1) is 0 Å². The summed E-state index contributed by atoms with van der Waals surface area (Å²) in [6.07, 6.45) is 0.284. The van der Waals surface area contributed by atoms with E-state index in [1.807, 2.05) is 37.3 Å². The maximum atomic E-state index is 11.9. The molecule has 0 aliphatic carbocycles. The van der Waals surface area contributed by atoms with Gasteiger partial charge >= 0.3 is 0 Å². The fourth-order valence-electron chi connectivity index (χ4n) is 1.63. The molecule has 1 rings (SSSR count). The minimum absolute atomic E-state index is 0.284. The lowest BCUT2D eigenvalue weighted by atomic mass is 10.1. The van der Waals surface area contributed by atoms with Crippen LogP contribution in [0.4, 0.5) is 0 Å². The van der Waals surface area contributed by atoms with E-state index >= 15 is 0 Å². The highest BCUT2D eigenvalue weighted by Gasteiger charge is 2.25. The van der Waals surface area contributed by atoms with Crippen LogP contribution in [0, 0.1) is 18.3 Å². The quantitative estimate of drug-likeness (QED) is 0.888. The van der Waals surface area contributed by atoms with E-state index < -0.39 is 15.3 Å². The van der Waals surface area contributed by atoms with Crippen LogP contribution in [0.2, 0.25) is 0 Å². The van der Waals surface area contributed by atoms with E-state index in [2.05, 4.69) is 4.72 Å². The van der Waals surface area contributed by atoms with Crippen molar-refractivity contribution in [2.75, 3.05) is 0 Å². The fourth-order valence-corrected chi connectivity index (χ4v) is 3.00. The van der Waals surface area contributed by atoms with Gasteiger partial charge in [0.25, 0.3) is 0 Å². The number of aryl methyl sites for hydroxylation is 1. The second kappa shape index (κ2) is 5.98. The molecule has 0 aliphatic rings. The lowest BCUT2D eigenvalue weighted by Crippen LogP contribution is -2.34. The van der Waals surface area contributed by atoms with E-state index in [-0.39, 0.29) is 12.5 Å². The molecule has 0 aromatic heterocycles. The molecule has 0 saturated heterocycles. The minimum atomic E-state index is -3.59. The minimum Gasteiger partial charge on any atom is -0.211 e. The van der Waals surface area contributed by atoms with Crippen molar-refractivity contribution >= 4 is 10.0 Å². The van der Waals surface area contributed by atoms with Gasteiger partial charge in [0.1, 0.15) is 0 Å². The predicted molar refractivity (Wildman–Crippen MR) is 71.3 cm³/mol. The summed E-state index contributed by atoms with van der Waals surface area (Å²) in [5, 5.41) is 7.82. The van der Waals surface area contributed by atoms with Crippen molar-refractivity contribution in [2.45, 2.75) is 38.5 Å². The molecule has 0 bridgehead atoms. The van der Waals surface area contributed by atoms with Gasteiger partial charge in [0.05, 0.1) is 6.07 Å². The Bertz CT molecular complexity index is 529. The molecule has 4 nitrogen and oxygen atoms in total. The van der Waals surface area contributed by atoms with E-state index in [4.69, 9.17) is 5.26 Å². The largest absolute Gasteiger partial charge is 0.228 e. The maximum absolute atomic E-state index is 11.9. The van der Waals surface area contributed by atoms with Crippen LogP contribution in [0.25, 0.3) is 0 Å². The van der Waals surface area contributed by atoms with Crippen LogP contribution in [0.3, 0.4) is 0 Å². The molecule has 1 aromatic rings. The maximum Gasteiger partial charge on any atom is 0.228 e. The molecule has 0 spiro atoms. The smallest absolute Gasteiger partial charge is 0.211 e. The zero-order valence-electron chi connectivity index (χ0n) is 10.8. The van der Waals surface area contributed by atoms with Crippen LogP contribution in [-0.2, 0) is 10.0 Å². The highest BCUT2D eigenvalue weighted by atomic mass is 32.2. The summed E-state index contributed by atoms with van der Waals surface area (Å²) in [7, 11) is -3.59. The average molecular weight is 266 g/mol. The average Bonchev–Trinajstić information content (AvgIpc) is 2.30. The van der Waals surface area contributed by atoms with Gasteiger partial charge in [-0.25, -0.2) is 13.1 Å². The molecule has 0 heterocycles. The molecule has 1 N–H and O–H groups in total. The van der Waals surface area contributed by atoms with E-state index in [1.54, 1.807) is 13.8 Å². The van der Waals surface area contributed by atoms with Gasteiger partial charge in [0.2, 0.25) is 10.0 Å². The van der Waals surface area contributed by atoms with Gasteiger partial charge in [-0.2, -0.15) is 5.26 Å². The molecular formula is C13H18N2O2S. The number of nitriles is 1. The van der Waals surface area contributed by atoms with Gasteiger partial charge in [-0.3, -0.25) is 0 Å². The van der Waals surface area contributed by atoms with Crippen LogP contribution < -0.4 is 4.72 Å². The number of benzene rings is 1. The van der Waals surface area contributed by atoms with Crippen LogP contribution in [0.5, 0.6) is 0 Å². The van der Waals surface area contributed by atoms with Gasteiger partial charge in [-0.05, 0) is 25.8 Å². The van der Waals surface area contributed by atoms with Gasteiger partial charge in [0.15, 0.2) is 5.25 Å². The Morgan fingerprint density at radius 1 is 1.33 bits per heavy atom. The summed E-state index contributed by atoms with van der Waals surface area (Å²) in [5.41, 5.74) is 2.01. The van der Waals surface area contributed by atoms with E-state index in [0.29, 0.717) is 0 Å². The molecule has 2 atom stereocenters. The monoisotopic (exact) mass is 266 g/mol. The molecule has 0 aliphatic heterocycles. The number of rotatable bonds is 5. The van der Waals surface area contributed by atoms with Crippen LogP contribution in [0.1, 0.15) is 37.4 Å². The normalized spacial score (nSPS) is 14.8. The lowest BCUT2D eigenvalue weighted by Gasteiger charge is -2.16. The lowest BCUT2D eigenvalue weighted by molar-refractivity contribution is 0.558. The first kappa shape index (κ1) is 14.7. The Morgan fingerprint density at radius 3 is 2.33 bits per heavy atom. The summed E-state index contributed by atoms with van der Waals surface area (Å²) >= 11 is 0. The first-order valence-corrected chi connectivity index (χ1v) is 7.42. The summed E-state index contributed by atoms with van der Waals surface area (Å²) in [4.78, 5) is 0. The van der Waals surface area contributed by atoms with Crippen molar-refractivity contribution in [1.29, 1.82) is 5.26 Å². The van der Waals surface area contributed by atoms with Gasteiger partial charge in [-0.1, -0.05) is 36.8 Å². The van der Waals surface area contributed by atoms with Crippen molar-refractivity contribution in [2.24, 2.45) is 0 Å². The molecule has 2 unspecified atom stereocenters. The molecular weight excluding hydrogens is 248 g/mol. The zero-order chi connectivity index (χ0) is 13.8. The SMILES string of the molecule is CCC(C#N)S(=O)(=O)NC(C)c1ccc(C)cc1. The van der Waals surface area contributed by atoms with Crippen molar-refractivity contribution in [3.63, 3.8) is 0 Å². The Hall–Kier alpha value is -1.38. The van der Waals surface area contributed by atoms with Crippen molar-refractivity contribution in [3.8, 4) is 6.07 Å². The Balaban J connectivity index is 2.85. The summed E-state index contributed by atoms with van der Waals surface area (Å²) < 4.78 is 26.4. The molecule has 5 heteroatoms. The van der Waals surface area contributed by atoms with Gasteiger partial charge in [0, 0.05) is 6.04 Å². The Kier molecular flexibility index (Phi) is 4.88. The van der Waals surface area contributed by atoms with Crippen molar-refractivity contribution in [3.05, 3.63) is 35.4 Å². The highest BCUT2D eigenvalue weighted by molar-refractivity contribution is 7.90. The second-order valence-corrected chi connectivity index (χ2v) is 6.22. The van der Waals surface area contributed by atoms with Crippen LogP contribution >= 0.6 is 0 Å². The third kappa shape index (κ3) is 3.56. The van der Waals surface area contributed by atoms with E-state index in [0.717, 1.165) is 11.1 Å². The number of hydrogen-bond acceptors (Lipinski definition) is 3. The molecule has 0 fully saturated rings. The first-order chi connectivity index (χ1) is 8.40. The summed E-state index contributed by atoms with van der Waals surface area (Å²) in [6, 6.07) is 9.11. The molecule has 0 amide bonds. The van der Waals surface area contributed by atoms with Gasteiger partial charge < -0.3 is 0 Å². The molecule has 0 saturated carbocycles. The van der Waals surface area contributed by atoms with E-state index in [1.165, 1.54) is 0 Å². The topological polar surface area (TPSA) is 70.0 Å². The summed E-state index contributed by atoms with van der Waals surface area (Å²) in [6.45, 7) is 5.43. The van der Waals surface area contributed by atoms with Crippen molar-refractivity contribution in [1.82, 2.24) is 4.72 Å². The van der Waals surface area contributed by atoms with Crippen molar-refractivity contribution < 1.29 is 8.42 Å². The number of nitrogens with zero attached hydrogens (tertiary/aromatic N) is 1. The Labute approximate surface area is 109 Å². The van der Waals surface area contributed by atoms with Crippen LogP contribution in [0.15, 0.2) is 24.3 Å². The number of nitrogens with one attached hydrogen (secondary N) is 1. The highest BCUT2D eigenvalue weighted by Crippen LogP contribution is 2.16. The standard InChI is InChI=1S/C13H18N2O2S/c1-4-13(9-14)18(16,17)15-11(3)12-7-5-10(2)6-8-12/h5-8,11,13,15H,4H2,1-3H3. The molecule has 98 valence electrons. The predicted octanol–water partition coefficient (Wildman–Crippen LogP) is 2.28. The molecule has 0 radical (unpaired) electrons.